The third-order valence-corrected chi connectivity index (χ3v) is 34.3. The van der Waals surface area contributed by atoms with Crippen molar-refractivity contribution in [3.63, 3.8) is 0 Å². The standard InChI is InChI=1S/C13H9.C5H5.C2H6Si.2CH3.Ti/c1-3-7-12-10(5-1)9-11-6-2-4-8-13(11)12;1-2-4-5-3-1;1-3-2;;;/h1-9H;1-3H,4H2;1-2H3;2*1H3;. The zero-order valence-corrected chi connectivity index (χ0v) is 17.7. The van der Waals surface area contributed by atoms with E-state index in [2.05, 4.69) is 90.3 Å². The van der Waals surface area contributed by atoms with Crippen molar-refractivity contribution in [2.45, 2.75) is 34.2 Å². The van der Waals surface area contributed by atoms with Gasteiger partial charge < -0.3 is 0 Å². The van der Waals surface area contributed by atoms with Crippen molar-refractivity contribution in [3.05, 3.63) is 81.8 Å². The Morgan fingerprint density at radius 2 is 1.42 bits per heavy atom. The SMILES string of the molecule is C[Si](C)=[Ti]([CH3])([CH3])([C]1=CC=CC1)[CH]1c2ccccc2-c2ccccc21. The third kappa shape index (κ3) is 2.02. The molecule has 0 spiro atoms. The molecule has 0 fully saturated rings. The summed E-state index contributed by atoms with van der Waals surface area (Å²) in [5.74, 6) is 0. The molecule has 122 valence electrons. The quantitative estimate of drug-likeness (QED) is 0.523. The molecule has 0 heterocycles. The molecule has 0 unspecified atom stereocenters. The van der Waals surface area contributed by atoms with Crippen molar-refractivity contribution in [1.29, 1.82) is 0 Å². The monoisotopic (exact) mass is 366 g/mol. The molecule has 2 aromatic carbocycles. The van der Waals surface area contributed by atoms with Crippen LogP contribution in [0, 0.1) is 0 Å². The van der Waals surface area contributed by atoms with Crippen LogP contribution in [0.4, 0.5) is 0 Å². The Bertz CT molecular complexity index is 919. The summed E-state index contributed by atoms with van der Waals surface area (Å²) in [5, 5.41) is 5.46. The first-order chi connectivity index (χ1) is 11.4. The minimum absolute atomic E-state index is 0.436. The van der Waals surface area contributed by atoms with Crippen LogP contribution >= 0.6 is 0 Å². The fraction of sp³-hybridized carbons (Fsp3) is 0.273. The summed E-state index contributed by atoms with van der Waals surface area (Å²) >= 11 is -2.92. The number of benzene rings is 2. The van der Waals surface area contributed by atoms with Crippen LogP contribution in [-0.2, 0) is 14.0 Å². The summed E-state index contributed by atoms with van der Waals surface area (Å²) in [6, 6.07) is 18.4. The van der Waals surface area contributed by atoms with Crippen LogP contribution in [0.2, 0.25) is 23.6 Å². The fourth-order valence-corrected chi connectivity index (χ4v) is 20.3. The van der Waals surface area contributed by atoms with Crippen LogP contribution < -0.4 is 0 Å². The van der Waals surface area contributed by atoms with E-state index in [0.717, 1.165) is 0 Å². The normalized spacial score (nSPS) is 16.8. The Kier molecular flexibility index (Phi) is 3.69. The molecule has 2 heteroatoms. The van der Waals surface area contributed by atoms with Gasteiger partial charge in [0.25, 0.3) is 0 Å². The van der Waals surface area contributed by atoms with Gasteiger partial charge in [0.15, 0.2) is 0 Å². The van der Waals surface area contributed by atoms with Crippen LogP contribution in [0.1, 0.15) is 21.8 Å². The van der Waals surface area contributed by atoms with Gasteiger partial charge in [0.05, 0.1) is 0 Å². The number of hydrogen-bond donors (Lipinski definition) is 0. The van der Waals surface area contributed by atoms with Crippen LogP contribution in [-0.4, -0.2) is 6.19 Å². The molecule has 0 aliphatic heterocycles. The van der Waals surface area contributed by atoms with E-state index in [1.165, 1.54) is 17.5 Å². The van der Waals surface area contributed by atoms with Gasteiger partial charge in [-0.15, -0.1) is 0 Å². The number of hydrogen-bond acceptors (Lipinski definition) is 0. The van der Waals surface area contributed by atoms with Crippen LogP contribution in [0.3, 0.4) is 0 Å². The first-order valence-corrected chi connectivity index (χ1v) is 18.6. The number of rotatable bonds is 2. The van der Waals surface area contributed by atoms with E-state index in [9.17, 15) is 0 Å². The molecule has 0 amide bonds. The molecule has 0 saturated heterocycles. The summed E-state index contributed by atoms with van der Waals surface area (Å²) in [6.07, 6.45) is 7.87. The second-order valence-corrected chi connectivity index (χ2v) is 31.1. The number of allylic oxidation sites excluding steroid dienone is 4. The molecule has 0 nitrogen and oxygen atoms in total. The molecule has 0 N–H and O–H groups in total. The molecule has 0 bridgehead atoms. The summed E-state index contributed by atoms with van der Waals surface area (Å²) in [5.41, 5.74) is 6.15. The van der Waals surface area contributed by atoms with Gasteiger partial charge in [-0.25, -0.2) is 0 Å². The van der Waals surface area contributed by atoms with Gasteiger partial charge in [-0.2, -0.15) is 0 Å². The van der Waals surface area contributed by atoms with E-state index in [1.807, 2.05) is 0 Å². The van der Waals surface area contributed by atoms with Gasteiger partial charge in [0.2, 0.25) is 0 Å². The second kappa shape index (κ2) is 5.42. The topological polar surface area (TPSA) is 0 Å². The van der Waals surface area contributed by atoms with E-state index >= 15 is 0 Å². The molecular formula is C22H26SiTi. The average Bonchev–Trinajstić information content (AvgIpc) is 3.22. The van der Waals surface area contributed by atoms with E-state index in [-0.39, 0.29) is 0 Å². The van der Waals surface area contributed by atoms with Gasteiger partial charge in [0, 0.05) is 0 Å². The minimum atomic E-state index is -2.92. The zero-order valence-electron chi connectivity index (χ0n) is 15.1. The molecule has 2 aromatic rings. The van der Waals surface area contributed by atoms with Gasteiger partial charge in [-0.05, 0) is 0 Å². The van der Waals surface area contributed by atoms with Crippen LogP contribution in [0.5, 0.6) is 0 Å². The van der Waals surface area contributed by atoms with E-state index in [0.29, 0.717) is 4.22 Å². The van der Waals surface area contributed by atoms with Crippen molar-refractivity contribution in [3.8, 4) is 11.1 Å². The molecule has 24 heavy (non-hydrogen) atoms. The first-order valence-electron chi connectivity index (χ1n) is 8.99. The van der Waals surface area contributed by atoms with E-state index in [4.69, 9.17) is 0 Å². The molecule has 0 atom stereocenters. The fourth-order valence-electron chi connectivity index (χ4n) is 4.90. The van der Waals surface area contributed by atoms with Crippen molar-refractivity contribution < 1.29 is 14.0 Å². The zero-order chi connectivity index (χ0) is 17.0. The Hall–Kier alpha value is -1.15. The van der Waals surface area contributed by atoms with Crippen molar-refractivity contribution >= 4 is 6.19 Å². The van der Waals surface area contributed by atoms with Crippen molar-refractivity contribution in [1.82, 2.24) is 0 Å². The molecular weight excluding hydrogens is 340 g/mol. The Morgan fingerprint density at radius 3 is 1.88 bits per heavy atom. The van der Waals surface area contributed by atoms with Gasteiger partial charge in [0.1, 0.15) is 0 Å². The third-order valence-electron chi connectivity index (χ3n) is 7.00. The van der Waals surface area contributed by atoms with Gasteiger partial charge >= 0.3 is 147 Å². The van der Waals surface area contributed by atoms with Gasteiger partial charge in [-0.1, -0.05) is 0 Å². The maximum atomic E-state index is 2.73. The molecule has 0 aromatic heterocycles. The van der Waals surface area contributed by atoms with Crippen LogP contribution in [0.25, 0.3) is 11.1 Å². The van der Waals surface area contributed by atoms with E-state index < -0.39 is 20.2 Å². The van der Waals surface area contributed by atoms with Crippen LogP contribution in [0.15, 0.2) is 70.6 Å². The first kappa shape index (κ1) is 16.3. The van der Waals surface area contributed by atoms with E-state index in [1.54, 1.807) is 15.0 Å². The van der Waals surface area contributed by atoms with Gasteiger partial charge in [-0.3, -0.25) is 0 Å². The molecule has 0 saturated carbocycles. The Labute approximate surface area is 147 Å². The maximum absolute atomic E-state index is 2.92. The number of fused-ring (bicyclic) bond motifs is 3. The summed E-state index contributed by atoms with van der Waals surface area (Å²) in [6.45, 7) is 5.15. The Balaban J connectivity index is 2.11. The average molecular weight is 366 g/mol. The summed E-state index contributed by atoms with van der Waals surface area (Å²) in [4.78, 5) is 0. The Morgan fingerprint density at radius 1 is 0.875 bits per heavy atom. The second-order valence-electron chi connectivity index (χ2n) is 8.42. The molecule has 2 aliphatic carbocycles. The predicted octanol–water partition coefficient (Wildman–Crippen LogP) is 6.64. The summed E-state index contributed by atoms with van der Waals surface area (Å²) < 4.78 is 2.42. The molecule has 4 rings (SSSR count). The van der Waals surface area contributed by atoms with Crippen molar-refractivity contribution in [2.75, 3.05) is 0 Å². The predicted molar refractivity (Wildman–Crippen MR) is 105 cm³/mol. The summed E-state index contributed by atoms with van der Waals surface area (Å²) in [7, 11) is 0. The molecule has 0 radical (unpaired) electrons. The molecule has 2 aliphatic rings. The van der Waals surface area contributed by atoms with Crippen molar-refractivity contribution in [2.24, 2.45) is 0 Å².